The molecule has 0 aromatic heterocycles. The number of anilines is 1. The van der Waals surface area contributed by atoms with E-state index in [2.05, 4.69) is 17.9 Å². The molecule has 0 aliphatic heterocycles. The fraction of sp³-hybridized carbons (Fsp3) is 0.538. The number of hydrogen-bond acceptors (Lipinski definition) is 5. The molecule has 1 rings (SSSR count). The average molecular weight is 271 g/mol. The highest BCUT2D eigenvalue weighted by atomic mass is 32.1. The van der Waals surface area contributed by atoms with Crippen LogP contribution in [0.15, 0.2) is 29.2 Å². The van der Waals surface area contributed by atoms with Gasteiger partial charge in [-0.2, -0.15) is 0 Å². The molecule has 0 spiro atoms. The van der Waals surface area contributed by atoms with Gasteiger partial charge in [0.15, 0.2) is 0 Å². The minimum atomic E-state index is 0.609. The number of rotatable bonds is 10. The number of ether oxygens (including phenoxy) is 3. The second-order valence-corrected chi connectivity index (χ2v) is 4.21. The van der Waals surface area contributed by atoms with Gasteiger partial charge in [-0.15, -0.1) is 12.6 Å². The fourth-order valence-corrected chi connectivity index (χ4v) is 1.46. The molecule has 4 nitrogen and oxygen atoms in total. The molecule has 0 saturated carbocycles. The number of hydrogen-bond donors (Lipinski definition) is 2. The van der Waals surface area contributed by atoms with Crippen LogP contribution in [0, 0.1) is 0 Å². The minimum Gasteiger partial charge on any atom is -0.383 e. The van der Waals surface area contributed by atoms with Crippen molar-refractivity contribution in [3.05, 3.63) is 24.3 Å². The van der Waals surface area contributed by atoms with Gasteiger partial charge >= 0.3 is 0 Å². The quantitative estimate of drug-likeness (QED) is 0.505. The molecule has 0 fully saturated rings. The van der Waals surface area contributed by atoms with E-state index in [0.29, 0.717) is 33.0 Å². The largest absolute Gasteiger partial charge is 0.383 e. The molecule has 0 atom stereocenters. The molecular weight excluding hydrogens is 250 g/mol. The van der Waals surface area contributed by atoms with E-state index in [-0.39, 0.29) is 0 Å². The van der Waals surface area contributed by atoms with Crippen molar-refractivity contribution in [3.63, 3.8) is 0 Å². The summed E-state index contributed by atoms with van der Waals surface area (Å²) in [6.45, 7) is 3.91. The summed E-state index contributed by atoms with van der Waals surface area (Å²) in [5, 5.41) is 3.26. The van der Waals surface area contributed by atoms with Crippen molar-refractivity contribution >= 4 is 18.3 Å². The van der Waals surface area contributed by atoms with Crippen LogP contribution in [0.3, 0.4) is 0 Å². The van der Waals surface area contributed by atoms with Gasteiger partial charge in [-0.25, -0.2) is 0 Å². The monoisotopic (exact) mass is 271 g/mol. The maximum absolute atomic E-state index is 5.42. The van der Waals surface area contributed by atoms with Crippen LogP contribution in [0.25, 0.3) is 0 Å². The first-order valence-corrected chi connectivity index (χ1v) is 6.45. The van der Waals surface area contributed by atoms with Gasteiger partial charge in [-0.1, -0.05) is 0 Å². The average Bonchev–Trinajstić information content (AvgIpc) is 2.39. The predicted molar refractivity (Wildman–Crippen MR) is 75.7 cm³/mol. The lowest BCUT2D eigenvalue weighted by atomic mass is 10.3. The van der Waals surface area contributed by atoms with Crippen LogP contribution in [0.4, 0.5) is 5.69 Å². The van der Waals surface area contributed by atoms with Gasteiger partial charge in [0.2, 0.25) is 0 Å². The van der Waals surface area contributed by atoms with E-state index in [4.69, 9.17) is 14.2 Å². The van der Waals surface area contributed by atoms with Crippen molar-refractivity contribution in [1.29, 1.82) is 0 Å². The lowest BCUT2D eigenvalue weighted by Crippen LogP contribution is -2.13. The SMILES string of the molecule is COCCOCCOCCNc1ccc(S)cc1. The lowest BCUT2D eigenvalue weighted by molar-refractivity contribution is 0.0272. The highest BCUT2D eigenvalue weighted by molar-refractivity contribution is 7.80. The lowest BCUT2D eigenvalue weighted by Gasteiger charge is -2.08. The van der Waals surface area contributed by atoms with E-state index in [0.717, 1.165) is 17.1 Å². The molecule has 0 aliphatic carbocycles. The molecule has 1 N–H and O–H groups in total. The zero-order valence-corrected chi connectivity index (χ0v) is 11.6. The normalized spacial score (nSPS) is 10.6. The van der Waals surface area contributed by atoms with Crippen molar-refractivity contribution in [2.45, 2.75) is 4.90 Å². The first-order valence-electron chi connectivity index (χ1n) is 6.00. The summed E-state index contributed by atoms with van der Waals surface area (Å²) in [7, 11) is 1.66. The summed E-state index contributed by atoms with van der Waals surface area (Å²) >= 11 is 4.23. The van der Waals surface area contributed by atoms with Crippen molar-refractivity contribution in [3.8, 4) is 0 Å². The van der Waals surface area contributed by atoms with Crippen LogP contribution in [0.5, 0.6) is 0 Å². The summed E-state index contributed by atoms with van der Waals surface area (Å²) in [5.41, 5.74) is 1.08. The van der Waals surface area contributed by atoms with Crippen molar-refractivity contribution < 1.29 is 14.2 Å². The maximum atomic E-state index is 5.42. The van der Waals surface area contributed by atoms with E-state index in [1.807, 2.05) is 24.3 Å². The molecular formula is C13H21NO3S. The standard InChI is InChI=1S/C13H21NO3S/c1-15-8-9-17-11-10-16-7-6-14-12-2-4-13(18)5-3-12/h2-5,14,18H,6-11H2,1H3. The molecule has 0 saturated heterocycles. The topological polar surface area (TPSA) is 39.7 Å². The maximum Gasteiger partial charge on any atom is 0.0701 e. The Balaban J connectivity index is 1.91. The molecule has 0 bridgehead atoms. The molecule has 0 unspecified atom stereocenters. The van der Waals surface area contributed by atoms with Gasteiger partial charge in [0, 0.05) is 24.2 Å². The first-order chi connectivity index (χ1) is 8.83. The number of methoxy groups -OCH3 is 1. The van der Waals surface area contributed by atoms with Crippen molar-refractivity contribution in [1.82, 2.24) is 0 Å². The van der Waals surface area contributed by atoms with Gasteiger partial charge in [0.05, 0.1) is 33.0 Å². The van der Waals surface area contributed by atoms with E-state index >= 15 is 0 Å². The Kier molecular flexibility index (Phi) is 8.67. The molecule has 5 heteroatoms. The minimum absolute atomic E-state index is 0.609. The van der Waals surface area contributed by atoms with Crippen LogP contribution in [-0.4, -0.2) is 46.7 Å². The van der Waals surface area contributed by atoms with Gasteiger partial charge < -0.3 is 19.5 Å². The van der Waals surface area contributed by atoms with Crippen LogP contribution in [0.1, 0.15) is 0 Å². The van der Waals surface area contributed by atoms with Crippen molar-refractivity contribution in [2.75, 3.05) is 52.0 Å². The summed E-state index contributed by atoms with van der Waals surface area (Å²) in [4.78, 5) is 0.963. The van der Waals surface area contributed by atoms with E-state index in [1.54, 1.807) is 7.11 Å². The third-order valence-corrected chi connectivity index (χ3v) is 2.54. The Hall–Kier alpha value is -0.750. The fourth-order valence-electron chi connectivity index (χ4n) is 1.31. The molecule has 0 aliphatic rings. The molecule has 18 heavy (non-hydrogen) atoms. The van der Waals surface area contributed by atoms with E-state index in [1.165, 1.54) is 0 Å². The van der Waals surface area contributed by atoms with E-state index < -0.39 is 0 Å². The Morgan fingerprint density at radius 2 is 1.56 bits per heavy atom. The molecule has 0 radical (unpaired) electrons. The Morgan fingerprint density at radius 1 is 0.944 bits per heavy atom. The molecule has 1 aromatic rings. The highest BCUT2D eigenvalue weighted by Gasteiger charge is 1.92. The third-order valence-electron chi connectivity index (χ3n) is 2.25. The molecule has 102 valence electrons. The molecule has 1 aromatic carbocycles. The summed E-state index contributed by atoms with van der Waals surface area (Å²) < 4.78 is 15.6. The predicted octanol–water partition coefficient (Wildman–Crippen LogP) is 2.07. The Bertz CT molecular complexity index is 306. The van der Waals surface area contributed by atoms with Gasteiger partial charge in [0.25, 0.3) is 0 Å². The van der Waals surface area contributed by atoms with Crippen molar-refractivity contribution in [2.24, 2.45) is 0 Å². The summed E-state index contributed by atoms with van der Waals surface area (Å²) in [5.74, 6) is 0. The number of benzene rings is 1. The second kappa shape index (κ2) is 10.2. The van der Waals surface area contributed by atoms with Gasteiger partial charge in [0.1, 0.15) is 0 Å². The number of thiol groups is 1. The highest BCUT2D eigenvalue weighted by Crippen LogP contribution is 2.11. The van der Waals surface area contributed by atoms with Crippen LogP contribution >= 0.6 is 12.6 Å². The molecule has 0 amide bonds. The zero-order valence-electron chi connectivity index (χ0n) is 10.7. The summed E-state index contributed by atoms with van der Waals surface area (Å²) in [6.07, 6.45) is 0. The second-order valence-electron chi connectivity index (χ2n) is 3.69. The summed E-state index contributed by atoms with van der Waals surface area (Å²) in [6, 6.07) is 7.90. The van der Waals surface area contributed by atoms with Gasteiger partial charge in [-0.3, -0.25) is 0 Å². The smallest absolute Gasteiger partial charge is 0.0701 e. The number of nitrogens with one attached hydrogen (secondary N) is 1. The molecule has 0 heterocycles. The van der Waals surface area contributed by atoms with Crippen LogP contribution < -0.4 is 5.32 Å². The van der Waals surface area contributed by atoms with E-state index in [9.17, 15) is 0 Å². The van der Waals surface area contributed by atoms with Crippen LogP contribution in [-0.2, 0) is 14.2 Å². The van der Waals surface area contributed by atoms with Gasteiger partial charge in [-0.05, 0) is 24.3 Å². The zero-order chi connectivity index (χ0) is 13.1. The van der Waals surface area contributed by atoms with Crippen LogP contribution in [0.2, 0.25) is 0 Å². The Morgan fingerprint density at radius 3 is 2.22 bits per heavy atom. The first kappa shape index (κ1) is 15.3. The Labute approximate surface area is 114 Å². The third kappa shape index (κ3) is 7.55.